The minimum absolute atomic E-state index is 0.185. The number of rotatable bonds is 5. The number of halogens is 1. The van der Waals surface area contributed by atoms with E-state index in [0.717, 1.165) is 29.9 Å². The molecule has 3 nitrogen and oxygen atoms in total. The summed E-state index contributed by atoms with van der Waals surface area (Å²) in [7, 11) is 1.64. The van der Waals surface area contributed by atoms with Crippen LogP contribution >= 0.6 is 11.6 Å². The van der Waals surface area contributed by atoms with Crippen molar-refractivity contribution in [2.24, 2.45) is 0 Å². The topological polar surface area (TPSA) is 27.7 Å². The highest BCUT2D eigenvalue weighted by molar-refractivity contribution is 6.17. The van der Waals surface area contributed by atoms with Crippen molar-refractivity contribution in [1.29, 1.82) is 0 Å². The fourth-order valence-electron chi connectivity index (χ4n) is 2.11. The van der Waals surface area contributed by atoms with Crippen LogP contribution in [0.4, 0.5) is 0 Å². The van der Waals surface area contributed by atoms with Crippen molar-refractivity contribution in [3.63, 3.8) is 0 Å². The van der Waals surface area contributed by atoms with Gasteiger partial charge in [-0.2, -0.15) is 0 Å². The zero-order valence-corrected chi connectivity index (χ0v) is 11.6. The first kappa shape index (κ1) is 13.5. The van der Waals surface area contributed by atoms with Gasteiger partial charge in [-0.1, -0.05) is 6.07 Å². The van der Waals surface area contributed by atoms with Gasteiger partial charge in [0, 0.05) is 5.88 Å². The predicted octanol–water partition coefficient (Wildman–Crippen LogP) is 3.38. The summed E-state index contributed by atoms with van der Waals surface area (Å²) in [5.74, 6) is 1.94. The van der Waals surface area contributed by atoms with Gasteiger partial charge in [0.05, 0.1) is 19.3 Å². The quantitative estimate of drug-likeness (QED) is 0.768. The normalized spacial score (nSPS) is 23.1. The van der Waals surface area contributed by atoms with Crippen molar-refractivity contribution in [1.82, 2.24) is 0 Å². The molecule has 1 saturated heterocycles. The van der Waals surface area contributed by atoms with Crippen LogP contribution in [0.2, 0.25) is 0 Å². The zero-order valence-electron chi connectivity index (χ0n) is 10.8. The molecule has 1 aliphatic heterocycles. The van der Waals surface area contributed by atoms with Crippen LogP contribution in [-0.2, 0) is 10.6 Å². The van der Waals surface area contributed by atoms with Crippen LogP contribution in [0.1, 0.15) is 25.3 Å². The van der Waals surface area contributed by atoms with E-state index in [1.54, 1.807) is 7.11 Å². The zero-order chi connectivity index (χ0) is 13.0. The van der Waals surface area contributed by atoms with E-state index in [2.05, 4.69) is 6.92 Å². The summed E-state index contributed by atoms with van der Waals surface area (Å²) in [6.07, 6.45) is 2.69. The van der Waals surface area contributed by atoms with Crippen LogP contribution < -0.4 is 9.47 Å². The number of methoxy groups -OCH3 is 1. The Balaban J connectivity index is 1.98. The summed E-state index contributed by atoms with van der Waals surface area (Å²) >= 11 is 5.82. The van der Waals surface area contributed by atoms with Crippen LogP contribution in [0.5, 0.6) is 11.5 Å². The fraction of sp³-hybridized carbons (Fsp3) is 0.571. The summed E-state index contributed by atoms with van der Waals surface area (Å²) in [6.45, 7) is 2.65. The van der Waals surface area contributed by atoms with Gasteiger partial charge >= 0.3 is 0 Å². The molecule has 0 bridgehead atoms. The summed E-state index contributed by atoms with van der Waals surface area (Å²) < 4.78 is 16.8. The maximum Gasteiger partial charge on any atom is 0.161 e. The molecule has 18 heavy (non-hydrogen) atoms. The molecule has 0 amide bonds. The highest BCUT2D eigenvalue weighted by atomic mass is 35.5. The maximum atomic E-state index is 5.82. The molecule has 0 N–H and O–H groups in total. The van der Waals surface area contributed by atoms with Gasteiger partial charge in [-0.05, 0) is 37.5 Å². The van der Waals surface area contributed by atoms with Crippen LogP contribution in [0.15, 0.2) is 18.2 Å². The third kappa shape index (κ3) is 3.30. The van der Waals surface area contributed by atoms with Gasteiger partial charge in [-0.25, -0.2) is 0 Å². The van der Waals surface area contributed by atoms with E-state index in [1.165, 1.54) is 0 Å². The van der Waals surface area contributed by atoms with Crippen LogP contribution in [-0.4, -0.2) is 25.9 Å². The monoisotopic (exact) mass is 270 g/mol. The number of hydrogen-bond acceptors (Lipinski definition) is 3. The van der Waals surface area contributed by atoms with Crippen LogP contribution in [0, 0.1) is 0 Å². The Morgan fingerprint density at radius 3 is 2.78 bits per heavy atom. The molecule has 2 rings (SSSR count). The first-order valence-corrected chi connectivity index (χ1v) is 6.77. The Hall–Kier alpha value is -0.930. The number of ether oxygens (including phenoxy) is 3. The Bertz CT molecular complexity index is 395. The van der Waals surface area contributed by atoms with Crippen molar-refractivity contribution in [2.75, 3.05) is 13.7 Å². The Labute approximate surface area is 113 Å². The smallest absolute Gasteiger partial charge is 0.161 e. The summed E-state index contributed by atoms with van der Waals surface area (Å²) in [6, 6.07) is 5.74. The number of alkyl halides is 1. The molecule has 2 atom stereocenters. The van der Waals surface area contributed by atoms with E-state index in [9.17, 15) is 0 Å². The first-order chi connectivity index (χ1) is 8.72. The molecular formula is C14H19ClO3. The molecule has 1 aromatic rings. The number of benzene rings is 1. The van der Waals surface area contributed by atoms with Gasteiger partial charge in [-0.15, -0.1) is 11.6 Å². The molecule has 0 aliphatic carbocycles. The maximum absolute atomic E-state index is 5.82. The molecule has 100 valence electrons. The van der Waals surface area contributed by atoms with E-state index < -0.39 is 0 Å². The van der Waals surface area contributed by atoms with Crippen LogP contribution in [0.25, 0.3) is 0 Å². The van der Waals surface area contributed by atoms with E-state index in [4.69, 9.17) is 25.8 Å². The van der Waals surface area contributed by atoms with E-state index in [-0.39, 0.29) is 6.10 Å². The molecule has 0 aromatic heterocycles. The highest BCUT2D eigenvalue weighted by Gasteiger charge is 2.22. The standard InChI is InChI=1S/C14H19ClO3/c1-10-3-5-12(18-10)9-17-14-7-11(8-15)4-6-13(14)16-2/h4,6-7,10,12H,3,5,8-9H2,1-2H3. The second kappa shape index (κ2) is 6.30. The largest absolute Gasteiger partial charge is 0.493 e. The SMILES string of the molecule is COc1ccc(CCl)cc1OCC1CCC(C)O1. The van der Waals surface area contributed by atoms with Gasteiger partial charge in [0.2, 0.25) is 0 Å². The van der Waals surface area contributed by atoms with Crippen LogP contribution in [0.3, 0.4) is 0 Å². The summed E-state index contributed by atoms with van der Waals surface area (Å²) in [4.78, 5) is 0. The molecule has 0 radical (unpaired) electrons. The molecular weight excluding hydrogens is 252 g/mol. The molecule has 0 saturated carbocycles. The van der Waals surface area contributed by atoms with Gasteiger partial charge < -0.3 is 14.2 Å². The molecule has 2 unspecified atom stereocenters. The van der Waals surface area contributed by atoms with Crippen molar-refractivity contribution in [3.8, 4) is 11.5 Å². The average molecular weight is 271 g/mol. The molecule has 1 aliphatic rings. The highest BCUT2D eigenvalue weighted by Crippen LogP contribution is 2.29. The molecule has 4 heteroatoms. The average Bonchev–Trinajstić information content (AvgIpc) is 2.81. The van der Waals surface area contributed by atoms with Crippen molar-refractivity contribution < 1.29 is 14.2 Å². The number of hydrogen-bond donors (Lipinski definition) is 0. The van der Waals surface area contributed by atoms with E-state index >= 15 is 0 Å². The predicted molar refractivity (Wildman–Crippen MR) is 71.6 cm³/mol. The lowest BCUT2D eigenvalue weighted by Gasteiger charge is -2.15. The van der Waals surface area contributed by atoms with Gasteiger partial charge in [0.15, 0.2) is 11.5 Å². The van der Waals surface area contributed by atoms with Gasteiger partial charge in [-0.3, -0.25) is 0 Å². The molecule has 1 aromatic carbocycles. The molecule has 1 fully saturated rings. The fourth-order valence-corrected chi connectivity index (χ4v) is 2.27. The lowest BCUT2D eigenvalue weighted by molar-refractivity contribution is 0.0259. The van der Waals surface area contributed by atoms with Gasteiger partial charge in [0.1, 0.15) is 6.61 Å². The van der Waals surface area contributed by atoms with E-state index in [1.807, 2.05) is 18.2 Å². The second-order valence-corrected chi connectivity index (χ2v) is 4.84. The third-order valence-electron chi connectivity index (χ3n) is 3.13. The minimum atomic E-state index is 0.185. The third-order valence-corrected chi connectivity index (χ3v) is 3.44. The Morgan fingerprint density at radius 2 is 2.17 bits per heavy atom. The summed E-state index contributed by atoms with van der Waals surface area (Å²) in [5.41, 5.74) is 1.02. The van der Waals surface area contributed by atoms with Crippen molar-refractivity contribution >= 4 is 11.6 Å². The minimum Gasteiger partial charge on any atom is -0.493 e. The Morgan fingerprint density at radius 1 is 1.33 bits per heavy atom. The molecule has 0 spiro atoms. The van der Waals surface area contributed by atoms with Gasteiger partial charge in [0.25, 0.3) is 0 Å². The lowest BCUT2D eigenvalue weighted by atomic mass is 10.2. The van der Waals surface area contributed by atoms with Crippen molar-refractivity contribution in [2.45, 2.75) is 37.9 Å². The van der Waals surface area contributed by atoms with E-state index in [0.29, 0.717) is 18.6 Å². The van der Waals surface area contributed by atoms with Crippen molar-refractivity contribution in [3.05, 3.63) is 23.8 Å². The lowest BCUT2D eigenvalue weighted by Crippen LogP contribution is -2.18. The first-order valence-electron chi connectivity index (χ1n) is 6.24. The Kier molecular flexibility index (Phi) is 4.72. The second-order valence-electron chi connectivity index (χ2n) is 4.58. The molecule has 1 heterocycles. The summed E-state index contributed by atoms with van der Waals surface area (Å²) in [5, 5.41) is 0.